The first-order valence-electron chi connectivity index (χ1n) is 6.60. The van der Waals surface area contributed by atoms with E-state index >= 15 is 0 Å². The number of carbonyl (C=O) groups is 1. The van der Waals surface area contributed by atoms with Gasteiger partial charge in [-0.25, -0.2) is 4.39 Å². The normalized spacial score (nSPS) is 15.7. The summed E-state index contributed by atoms with van der Waals surface area (Å²) in [6.07, 6.45) is 4.43. The van der Waals surface area contributed by atoms with Crippen molar-refractivity contribution < 1.29 is 9.18 Å². The first kappa shape index (κ1) is 14.3. The van der Waals surface area contributed by atoms with E-state index in [4.69, 9.17) is 5.73 Å². The molecule has 2 rings (SSSR count). The Morgan fingerprint density at radius 3 is 2.68 bits per heavy atom. The van der Waals surface area contributed by atoms with Crippen LogP contribution < -0.4 is 5.73 Å². The molecule has 2 N–H and O–H groups in total. The van der Waals surface area contributed by atoms with E-state index in [-0.39, 0.29) is 11.6 Å². The van der Waals surface area contributed by atoms with Gasteiger partial charge in [0.15, 0.2) is 0 Å². The van der Waals surface area contributed by atoms with Crippen LogP contribution in [0.15, 0.2) is 16.6 Å². The van der Waals surface area contributed by atoms with E-state index in [1.807, 2.05) is 11.8 Å². The van der Waals surface area contributed by atoms with Gasteiger partial charge in [-0.2, -0.15) is 0 Å². The summed E-state index contributed by atoms with van der Waals surface area (Å²) >= 11 is 3.24. The summed E-state index contributed by atoms with van der Waals surface area (Å²) in [5, 5.41) is 0. The summed E-state index contributed by atoms with van der Waals surface area (Å²) in [6, 6.07) is 2.97. The van der Waals surface area contributed by atoms with Crippen molar-refractivity contribution in [2.24, 2.45) is 0 Å². The molecule has 1 aliphatic rings. The number of nitrogens with two attached hydrogens (primary N) is 1. The fraction of sp³-hybridized carbons (Fsp3) is 0.500. The molecule has 0 radical (unpaired) electrons. The van der Waals surface area contributed by atoms with Gasteiger partial charge in [0.2, 0.25) is 0 Å². The van der Waals surface area contributed by atoms with Crippen LogP contribution in [0.1, 0.15) is 43.0 Å². The van der Waals surface area contributed by atoms with Crippen LogP contribution in [-0.2, 0) is 0 Å². The van der Waals surface area contributed by atoms with Gasteiger partial charge in [0.1, 0.15) is 5.82 Å². The zero-order valence-corrected chi connectivity index (χ0v) is 12.5. The molecule has 1 fully saturated rings. The quantitative estimate of drug-likeness (QED) is 0.862. The lowest BCUT2D eigenvalue weighted by molar-refractivity contribution is 0.0692. The fourth-order valence-electron chi connectivity index (χ4n) is 2.67. The van der Waals surface area contributed by atoms with Gasteiger partial charge >= 0.3 is 0 Å². The van der Waals surface area contributed by atoms with Crippen LogP contribution in [0.3, 0.4) is 0 Å². The maximum atomic E-state index is 13.3. The van der Waals surface area contributed by atoms with Gasteiger partial charge in [-0.3, -0.25) is 4.79 Å². The zero-order valence-electron chi connectivity index (χ0n) is 11.0. The highest BCUT2D eigenvalue weighted by molar-refractivity contribution is 9.10. The summed E-state index contributed by atoms with van der Waals surface area (Å²) in [7, 11) is 0. The van der Waals surface area contributed by atoms with Crippen molar-refractivity contribution >= 4 is 27.5 Å². The van der Waals surface area contributed by atoms with Gasteiger partial charge < -0.3 is 10.6 Å². The van der Waals surface area contributed by atoms with Crippen molar-refractivity contribution in [2.75, 3.05) is 12.3 Å². The number of hydrogen-bond donors (Lipinski definition) is 1. The molecule has 5 heteroatoms. The number of nitrogen functional groups attached to an aromatic ring is 1. The van der Waals surface area contributed by atoms with E-state index in [1.54, 1.807) is 0 Å². The Balaban J connectivity index is 2.29. The first-order valence-corrected chi connectivity index (χ1v) is 7.39. The molecule has 0 heterocycles. The zero-order chi connectivity index (χ0) is 14.0. The van der Waals surface area contributed by atoms with Crippen LogP contribution in [0.25, 0.3) is 0 Å². The monoisotopic (exact) mass is 328 g/mol. The molecule has 1 saturated carbocycles. The Bertz CT molecular complexity index is 487. The van der Waals surface area contributed by atoms with E-state index in [0.717, 1.165) is 12.8 Å². The van der Waals surface area contributed by atoms with Gasteiger partial charge in [0, 0.05) is 17.1 Å². The van der Waals surface area contributed by atoms with Gasteiger partial charge in [-0.1, -0.05) is 12.8 Å². The topological polar surface area (TPSA) is 46.3 Å². The summed E-state index contributed by atoms with van der Waals surface area (Å²) in [6.45, 7) is 2.63. The van der Waals surface area contributed by atoms with Gasteiger partial charge in [0.25, 0.3) is 5.91 Å². The number of carbonyl (C=O) groups excluding carboxylic acids is 1. The second kappa shape index (κ2) is 5.90. The molecule has 0 aromatic heterocycles. The second-order valence-electron chi connectivity index (χ2n) is 4.88. The van der Waals surface area contributed by atoms with Crippen LogP contribution in [0, 0.1) is 5.82 Å². The number of benzene rings is 1. The minimum absolute atomic E-state index is 0.00836. The van der Waals surface area contributed by atoms with E-state index in [9.17, 15) is 9.18 Å². The number of nitrogens with zero attached hydrogens (tertiary/aromatic N) is 1. The Hall–Kier alpha value is -1.10. The molecule has 1 aliphatic carbocycles. The second-order valence-corrected chi connectivity index (χ2v) is 5.74. The number of rotatable bonds is 3. The lowest BCUT2D eigenvalue weighted by Crippen LogP contribution is -2.38. The van der Waals surface area contributed by atoms with Crippen molar-refractivity contribution in [3.05, 3.63) is 28.0 Å². The third kappa shape index (κ3) is 2.91. The fourth-order valence-corrected chi connectivity index (χ4v) is 3.15. The minimum atomic E-state index is -0.507. The predicted octanol–water partition coefficient (Wildman–Crippen LogP) is 3.58. The highest BCUT2D eigenvalue weighted by atomic mass is 79.9. The molecule has 0 spiro atoms. The molecule has 1 aromatic rings. The molecule has 0 unspecified atom stereocenters. The molecule has 3 nitrogen and oxygen atoms in total. The van der Waals surface area contributed by atoms with Crippen molar-refractivity contribution in [1.82, 2.24) is 4.90 Å². The van der Waals surface area contributed by atoms with E-state index in [2.05, 4.69) is 15.9 Å². The highest BCUT2D eigenvalue weighted by Gasteiger charge is 2.27. The average molecular weight is 329 g/mol. The summed E-state index contributed by atoms with van der Waals surface area (Å²) in [4.78, 5) is 14.4. The molecule has 0 bridgehead atoms. The summed E-state index contributed by atoms with van der Waals surface area (Å²) in [5.74, 6) is -0.583. The first-order chi connectivity index (χ1) is 9.04. The molecular formula is C14H18BrFN2O. The maximum Gasteiger partial charge on any atom is 0.255 e. The standard InChI is InChI=1S/C14H18BrFN2O/c1-2-18(9-5-3-4-6-9)14(19)10-7-13(17)12(16)8-11(10)15/h7-9H,2-6,17H2,1H3. The number of amides is 1. The van der Waals surface area contributed by atoms with E-state index < -0.39 is 5.82 Å². The van der Waals surface area contributed by atoms with Gasteiger partial charge in [-0.15, -0.1) is 0 Å². The molecular weight excluding hydrogens is 311 g/mol. The smallest absolute Gasteiger partial charge is 0.255 e. The van der Waals surface area contributed by atoms with E-state index in [1.165, 1.54) is 25.0 Å². The van der Waals surface area contributed by atoms with Gasteiger partial charge in [0.05, 0.1) is 11.3 Å². The number of hydrogen-bond acceptors (Lipinski definition) is 2. The largest absolute Gasteiger partial charge is 0.396 e. The Labute approximate surface area is 121 Å². The molecule has 1 aromatic carbocycles. The van der Waals surface area contributed by atoms with Crippen LogP contribution >= 0.6 is 15.9 Å². The highest BCUT2D eigenvalue weighted by Crippen LogP contribution is 2.28. The van der Waals surface area contributed by atoms with Crippen molar-refractivity contribution in [2.45, 2.75) is 38.6 Å². The third-order valence-corrected chi connectivity index (χ3v) is 4.34. The Morgan fingerprint density at radius 2 is 2.11 bits per heavy atom. The van der Waals surface area contributed by atoms with Crippen LogP contribution in [0.2, 0.25) is 0 Å². The third-order valence-electron chi connectivity index (χ3n) is 3.68. The number of anilines is 1. The van der Waals surface area contributed by atoms with Gasteiger partial charge in [-0.05, 0) is 47.8 Å². The average Bonchev–Trinajstić information content (AvgIpc) is 2.88. The molecule has 0 atom stereocenters. The number of halogens is 2. The lowest BCUT2D eigenvalue weighted by Gasteiger charge is -2.28. The molecule has 19 heavy (non-hydrogen) atoms. The lowest BCUT2D eigenvalue weighted by atomic mass is 10.1. The Kier molecular flexibility index (Phi) is 4.45. The van der Waals surface area contributed by atoms with Crippen LogP contribution in [-0.4, -0.2) is 23.4 Å². The Morgan fingerprint density at radius 1 is 1.47 bits per heavy atom. The summed E-state index contributed by atoms with van der Waals surface area (Å²) in [5.41, 5.74) is 6.00. The molecule has 1 amide bonds. The molecule has 104 valence electrons. The molecule has 0 saturated heterocycles. The van der Waals surface area contributed by atoms with E-state index in [0.29, 0.717) is 22.6 Å². The maximum absolute atomic E-state index is 13.3. The summed E-state index contributed by atoms with van der Waals surface area (Å²) < 4.78 is 13.8. The SMILES string of the molecule is CCN(C(=O)c1cc(N)c(F)cc1Br)C1CCCC1. The van der Waals surface area contributed by atoms with Crippen LogP contribution in [0.4, 0.5) is 10.1 Å². The van der Waals surface area contributed by atoms with Crippen molar-refractivity contribution in [3.63, 3.8) is 0 Å². The predicted molar refractivity (Wildman–Crippen MR) is 77.5 cm³/mol. The van der Waals surface area contributed by atoms with Crippen molar-refractivity contribution in [1.29, 1.82) is 0 Å². The van der Waals surface area contributed by atoms with Crippen LogP contribution in [0.5, 0.6) is 0 Å². The van der Waals surface area contributed by atoms with Crippen molar-refractivity contribution in [3.8, 4) is 0 Å². The molecule has 0 aliphatic heterocycles. The minimum Gasteiger partial charge on any atom is -0.396 e.